The summed E-state index contributed by atoms with van der Waals surface area (Å²) in [6.45, 7) is 2.37. The fraction of sp³-hybridized carbons (Fsp3) is 0.421. The van der Waals surface area contributed by atoms with Gasteiger partial charge in [-0.15, -0.1) is 0 Å². The van der Waals surface area contributed by atoms with Crippen molar-refractivity contribution in [2.45, 2.75) is 19.3 Å². The van der Waals surface area contributed by atoms with E-state index in [-0.39, 0.29) is 11.6 Å². The molecule has 1 aliphatic heterocycles. The number of Topliss-reactive ketones (excluding diaryl/α,β-unsaturated/α-hetero) is 1. The van der Waals surface area contributed by atoms with E-state index < -0.39 is 0 Å². The third-order valence-electron chi connectivity index (χ3n) is 4.72. The number of likely N-dealkylation sites (tertiary alicyclic amines) is 1. The highest BCUT2D eigenvalue weighted by atomic mass is 19.1. The average molecular weight is 314 g/mol. The molecule has 0 atom stereocenters. The van der Waals surface area contributed by atoms with Crippen molar-refractivity contribution in [2.24, 2.45) is 13.0 Å². The van der Waals surface area contributed by atoms with Gasteiger partial charge in [-0.2, -0.15) is 0 Å². The number of halogens is 1. The average Bonchev–Trinajstić information content (AvgIpc) is 2.95. The predicted octanol–water partition coefficient (Wildman–Crippen LogP) is 3.30. The summed E-state index contributed by atoms with van der Waals surface area (Å²) < 4.78 is 15.1. The molecule has 3 rings (SSSR count). The van der Waals surface area contributed by atoms with Crippen LogP contribution in [0.2, 0.25) is 0 Å². The Hall–Kier alpha value is -1.94. The molecule has 0 bridgehead atoms. The Balaban J connectivity index is 1.49. The molecule has 1 aromatic carbocycles. The summed E-state index contributed by atoms with van der Waals surface area (Å²) in [4.78, 5) is 14.5. The molecule has 0 N–H and O–H groups in total. The zero-order chi connectivity index (χ0) is 16.2. The van der Waals surface area contributed by atoms with E-state index in [9.17, 15) is 9.18 Å². The molecule has 2 heterocycles. The van der Waals surface area contributed by atoms with Crippen LogP contribution in [0.15, 0.2) is 42.6 Å². The van der Waals surface area contributed by atoms with Crippen molar-refractivity contribution in [1.82, 2.24) is 9.47 Å². The number of hydrogen-bond acceptors (Lipinski definition) is 2. The normalized spacial score (nSPS) is 16.6. The third-order valence-corrected chi connectivity index (χ3v) is 4.72. The predicted molar refractivity (Wildman–Crippen MR) is 89.0 cm³/mol. The maximum atomic E-state index is 13.2. The van der Waals surface area contributed by atoms with Gasteiger partial charge in [-0.05, 0) is 68.1 Å². The number of carbonyl (C=O) groups excluding carboxylic acids is 1. The summed E-state index contributed by atoms with van der Waals surface area (Å²) in [7, 11) is 1.90. The van der Waals surface area contributed by atoms with Crippen molar-refractivity contribution in [2.75, 3.05) is 19.6 Å². The Labute approximate surface area is 136 Å². The van der Waals surface area contributed by atoms with Crippen molar-refractivity contribution in [3.8, 4) is 0 Å². The minimum absolute atomic E-state index is 0.159. The van der Waals surface area contributed by atoms with E-state index in [1.807, 2.05) is 36.0 Å². The van der Waals surface area contributed by atoms with Gasteiger partial charge in [0.25, 0.3) is 0 Å². The highest BCUT2D eigenvalue weighted by Crippen LogP contribution is 2.22. The lowest BCUT2D eigenvalue weighted by molar-refractivity contribution is 0.0887. The van der Waals surface area contributed by atoms with E-state index in [2.05, 4.69) is 4.90 Å². The molecule has 0 saturated carbocycles. The van der Waals surface area contributed by atoms with E-state index in [0.717, 1.165) is 43.6 Å². The van der Waals surface area contributed by atoms with Gasteiger partial charge in [-0.3, -0.25) is 9.69 Å². The van der Waals surface area contributed by atoms with Crippen molar-refractivity contribution in [3.63, 3.8) is 0 Å². The van der Waals surface area contributed by atoms with Crippen LogP contribution in [0.3, 0.4) is 0 Å². The van der Waals surface area contributed by atoms with Gasteiger partial charge in [0.05, 0.1) is 12.2 Å². The molecule has 0 unspecified atom stereocenters. The number of aromatic nitrogens is 1. The zero-order valence-corrected chi connectivity index (χ0v) is 13.5. The van der Waals surface area contributed by atoms with Crippen LogP contribution >= 0.6 is 0 Å². The first-order valence-corrected chi connectivity index (χ1v) is 8.23. The first kappa shape index (κ1) is 15.9. The molecular formula is C19H23FN2O. The van der Waals surface area contributed by atoms with Gasteiger partial charge in [0.15, 0.2) is 5.78 Å². The summed E-state index contributed by atoms with van der Waals surface area (Å²) in [5.74, 6) is 0.604. The summed E-state index contributed by atoms with van der Waals surface area (Å²) in [5.41, 5.74) is 1.84. The smallest absolute Gasteiger partial charge is 0.193 e. The molecule has 23 heavy (non-hydrogen) atoms. The molecule has 3 nitrogen and oxygen atoms in total. The summed E-state index contributed by atoms with van der Waals surface area (Å²) in [6, 6.07) is 10.7. The molecule has 122 valence electrons. The Kier molecular flexibility index (Phi) is 4.91. The fourth-order valence-corrected chi connectivity index (χ4v) is 3.38. The Morgan fingerprint density at radius 1 is 1.22 bits per heavy atom. The van der Waals surface area contributed by atoms with E-state index in [1.54, 1.807) is 12.1 Å². The minimum atomic E-state index is -0.159. The lowest BCUT2D eigenvalue weighted by atomic mass is 9.90. The van der Waals surface area contributed by atoms with Crippen molar-refractivity contribution >= 4 is 5.78 Å². The van der Waals surface area contributed by atoms with E-state index >= 15 is 0 Å². The van der Waals surface area contributed by atoms with E-state index in [4.69, 9.17) is 0 Å². The number of piperidine rings is 1. The monoisotopic (exact) mass is 314 g/mol. The highest BCUT2D eigenvalue weighted by Gasteiger charge is 2.22. The van der Waals surface area contributed by atoms with Crippen molar-refractivity contribution in [1.29, 1.82) is 0 Å². The molecule has 4 heteroatoms. The number of hydrogen-bond donors (Lipinski definition) is 0. The zero-order valence-electron chi connectivity index (χ0n) is 13.5. The minimum Gasteiger partial charge on any atom is -0.348 e. The van der Waals surface area contributed by atoms with Crippen LogP contribution in [0.25, 0.3) is 0 Å². The maximum Gasteiger partial charge on any atom is 0.193 e. The topological polar surface area (TPSA) is 25.2 Å². The van der Waals surface area contributed by atoms with E-state index in [0.29, 0.717) is 12.5 Å². The molecular weight excluding hydrogens is 291 g/mol. The van der Waals surface area contributed by atoms with Gasteiger partial charge < -0.3 is 4.57 Å². The van der Waals surface area contributed by atoms with Gasteiger partial charge in [0.2, 0.25) is 0 Å². The van der Waals surface area contributed by atoms with Gasteiger partial charge in [0.1, 0.15) is 5.82 Å². The van der Waals surface area contributed by atoms with Crippen molar-refractivity contribution in [3.05, 3.63) is 59.7 Å². The molecule has 0 amide bonds. The molecule has 0 spiro atoms. The Morgan fingerprint density at radius 3 is 2.65 bits per heavy atom. The van der Waals surface area contributed by atoms with Crippen molar-refractivity contribution < 1.29 is 9.18 Å². The summed E-state index contributed by atoms with van der Waals surface area (Å²) in [6.07, 6.45) is 4.96. The number of nitrogens with zero attached hydrogens (tertiary/aromatic N) is 2. The van der Waals surface area contributed by atoms with Crippen LogP contribution in [0, 0.1) is 11.7 Å². The lowest BCUT2D eigenvalue weighted by Gasteiger charge is -2.31. The Bertz CT molecular complexity index is 672. The van der Waals surface area contributed by atoms with Crippen LogP contribution in [0.5, 0.6) is 0 Å². The summed E-state index contributed by atoms with van der Waals surface area (Å²) in [5, 5.41) is 0. The fourth-order valence-electron chi connectivity index (χ4n) is 3.38. The lowest BCUT2D eigenvalue weighted by Crippen LogP contribution is -2.38. The first-order chi connectivity index (χ1) is 11.1. The second kappa shape index (κ2) is 7.09. The number of benzene rings is 1. The van der Waals surface area contributed by atoms with Crippen LogP contribution in [0.4, 0.5) is 4.39 Å². The van der Waals surface area contributed by atoms with Crippen LogP contribution in [-0.2, 0) is 13.5 Å². The maximum absolute atomic E-state index is 13.2. The molecule has 1 aromatic heterocycles. The molecule has 1 saturated heterocycles. The summed E-state index contributed by atoms with van der Waals surface area (Å²) >= 11 is 0. The number of ketones is 1. The third kappa shape index (κ3) is 4.08. The molecule has 2 aromatic rings. The van der Waals surface area contributed by atoms with Gasteiger partial charge in [0, 0.05) is 13.2 Å². The van der Waals surface area contributed by atoms with Gasteiger partial charge in [-0.25, -0.2) is 4.39 Å². The molecule has 1 aliphatic rings. The van der Waals surface area contributed by atoms with Crippen LogP contribution in [-0.4, -0.2) is 34.9 Å². The number of aryl methyl sites for hydroxylation is 1. The highest BCUT2D eigenvalue weighted by molar-refractivity contribution is 5.96. The second-order valence-corrected chi connectivity index (χ2v) is 6.48. The van der Waals surface area contributed by atoms with Gasteiger partial charge >= 0.3 is 0 Å². The molecule has 0 aliphatic carbocycles. The Morgan fingerprint density at radius 2 is 2.00 bits per heavy atom. The quantitative estimate of drug-likeness (QED) is 0.791. The second-order valence-electron chi connectivity index (χ2n) is 6.48. The van der Waals surface area contributed by atoms with E-state index in [1.165, 1.54) is 6.07 Å². The van der Waals surface area contributed by atoms with Crippen LogP contribution in [0.1, 0.15) is 28.9 Å². The molecule has 0 radical (unpaired) electrons. The molecule has 1 fully saturated rings. The standard InChI is InChI=1S/C19H23FN2O/c1-21-9-3-6-18(21)19(23)14-22-10-7-15(8-11-22)12-16-4-2-5-17(20)13-16/h2-6,9,13,15H,7-8,10-12,14H2,1H3. The number of carbonyl (C=O) groups is 1. The SMILES string of the molecule is Cn1cccc1C(=O)CN1CCC(Cc2cccc(F)c2)CC1. The van der Waals surface area contributed by atoms with Gasteiger partial charge in [-0.1, -0.05) is 12.1 Å². The number of rotatable bonds is 5. The van der Waals surface area contributed by atoms with Crippen LogP contribution < -0.4 is 0 Å². The largest absolute Gasteiger partial charge is 0.348 e. The first-order valence-electron chi connectivity index (χ1n) is 8.23.